The summed E-state index contributed by atoms with van der Waals surface area (Å²) in [6, 6.07) is 8.57. The SMILES string of the molecule is C=C/C1=C(/C=C\C)C=Cc2ccccc2\C1=C\CCN(C)C.CC.CC. The Labute approximate surface area is 162 Å². The molecule has 0 spiro atoms. The summed E-state index contributed by atoms with van der Waals surface area (Å²) in [4.78, 5) is 2.21. The second kappa shape index (κ2) is 14.1. The Hall–Kier alpha value is -2.12. The minimum Gasteiger partial charge on any atom is -0.309 e. The van der Waals surface area contributed by atoms with Gasteiger partial charge in [-0.25, -0.2) is 0 Å². The number of hydrogen-bond acceptors (Lipinski definition) is 1. The first-order valence-electron chi connectivity index (χ1n) is 9.79. The third-order valence-electron chi connectivity index (χ3n) is 3.77. The van der Waals surface area contributed by atoms with Crippen molar-refractivity contribution in [3.63, 3.8) is 0 Å². The van der Waals surface area contributed by atoms with Gasteiger partial charge in [-0.1, -0.05) is 95.0 Å². The molecular weight excluding hydrogens is 314 g/mol. The second-order valence-electron chi connectivity index (χ2n) is 5.70. The van der Waals surface area contributed by atoms with E-state index in [1.54, 1.807) is 0 Å². The molecule has 2 rings (SSSR count). The van der Waals surface area contributed by atoms with Gasteiger partial charge >= 0.3 is 0 Å². The summed E-state index contributed by atoms with van der Waals surface area (Å²) < 4.78 is 0. The van der Waals surface area contributed by atoms with Crippen LogP contribution < -0.4 is 0 Å². The molecule has 0 aromatic heterocycles. The van der Waals surface area contributed by atoms with Gasteiger partial charge in [0.15, 0.2) is 0 Å². The molecule has 1 nitrogen and oxygen atoms in total. The van der Waals surface area contributed by atoms with Crippen LogP contribution in [0.3, 0.4) is 0 Å². The zero-order valence-corrected chi connectivity index (χ0v) is 17.8. The number of fused-ring (bicyclic) bond motifs is 1. The average molecular weight is 352 g/mol. The van der Waals surface area contributed by atoms with Crippen molar-refractivity contribution >= 4 is 11.6 Å². The summed E-state index contributed by atoms with van der Waals surface area (Å²) >= 11 is 0. The minimum absolute atomic E-state index is 1.02. The molecule has 1 heteroatoms. The molecule has 0 heterocycles. The molecule has 0 radical (unpaired) electrons. The van der Waals surface area contributed by atoms with E-state index < -0.39 is 0 Å². The van der Waals surface area contributed by atoms with E-state index in [1.807, 2.05) is 33.8 Å². The van der Waals surface area contributed by atoms with Gasteiger partial charge in [0, 0.05) is 6.54 Å². The van der Waals surface area contributed by atoms with E-state index >= 15 is 0 Å². The van der Waals surface area contributed by atoms with Gasteiger partial charge in [-0.2, -0.15) is 0 Å². The molecular formula is C25H37N. The van der Waals surface area contributed by atoms with Crippen LogP contribution in [0.4, 0.5) is 0 Å². The van der Waals surface area contributed by atoms with Crippen LogP contribution in [-0.4, -0.2) is 25.5 Å². The van der Waals surface area contributed by atoms with Gasteiger partial charge in [0.1, 0.15) is 0 Å². The molecule has 142 valence electrons. The second-order valence-corrected chi connectivity index (χ2v) is 5.70. The zero-order valence-electron chi connectivity index (χ0n) is 17.8. The number of hydrogen-bond donors (Lipinski definition) is 0. The van der Waals surface area contributed by atoms with E-state index in [9.17, 15) is 0 Å². The van der Waals surface area contributed by atoms with Crippen molar-refractivity contribution in [2.24, 2.45) is 0 Å². The summed E-state index contributed by atoms with van der Waals surface area (Å²) in [5.74, 6) is 0. The molecule has 1 aliphatic rings. The zero-order chi connectivity index (χ0) is 19.9. The maximum atomic E-state index is 4.05. The quantitative estimate of drug-likeness (QED) is 0.544. The fraction of sp³-hybridized carbons (Fsp3) is 0.360. The van der Waals surface area contributed by atoms with E-state index in [0.29, 0.717) is 0 Å². The van der Waals surface area contributed by atoms with Crippen molar-refractivity contribution in [3.8, 4) is 0 Å². The first-order chi connectivity index (χ1) is 12.7. The fourth-order valence-electron chi connectivity index (χ4n) is 2.70. The summed E-state index contributed by atoms with van der Waals surface area (Å²) in [6.45, 7) is 15.1. The van der Waals surface area contributed by atoms with Crippen LogP contribution in [0.1, 0.15) is 52.2 Å². The van der Waals surface area contributed by atoms with Gasteiger partial charge in [0.25, 0.3) is 0 Å². The Kier molecular flexibility index (Phi) is 12.9. The standard InChI is InChI=1S/C21H25N.2C2H6/c1-5-10-17-14-15-18-11-7-8-12-20(18)21(19(17)6-2)13-9-16-22(3)4;2*1-2/h5-8,10-15H,2,9,16H2,1,3-4H3;2*1-2H3/b10-5-,21-13+;;. The van der Waals surface area contributed by atoms with Gasteiger partial charge < -0.3 is 4.90 Å². The number of allylic oxidation sites excluding steroid dienone is 7. The number of benzene rings is 1. The van der Waals surface area contributed by atoms with Gasteiger partial charge in [0.05, 0.1) is 0 Å². The highest BCUT2D eigenvalue weighted by atomic mass is 15.0. The van der Waals surface area contributed by atoms with Gasteiger partial charge in [-0.3, -0.25) is 0 Å². The molecule has 0 saturated carbocycles. The average Bonchev–Trinajstić information content (AvgIpc) is 2.82. The van der Waals surface area contributed by atoms with Crippen LogP contribution in [0, 0.1) is 0 Å². The van der Waals surface area contributed by atoms with Crippen molar-refractivity contribution in [3.05, 3.63) is 83.5 Å². The summed E-state index contributed by atoms with van der Waals surface area (Å²) in [5.41, 5.74) is 6.25. The molecule has 26 heavy (non-hydrogen) atoms. The number of nitrogens with zero attached hydrogens (tertiary/aromatic N) is 1. The topological polar surface area (TPSA) is 3.24 Å². The summed E-state index contributed by atoms with van der Waals surface area (Å²) in [5, 5.41) is 0. The highest BCUT2D eigenvalue weighted by Crippen LogP contribution is 2.34. The Bertz CT molecular complexity index is 654. The molecule has 0 saturated heterocycles. The first-order valence-corrected chi connectivity index (χ1v) is 9.79. The van der Waals surface area contributed by atoms with Crippen molar-refractivity contribution in [2.45, 2.75) is 41.0 Å². The van der Waals surface area contributed by atoms with E-state index in [0.717, 1.165) is 13.0 Å². The number of rotatable bonds is 5. The Morgan fingerprint density at radius 3 is 2.23 bits per heavy atom. The molecule has 1 aliphatic carbocycles. The van der Waals surface area contributed by atoms with Crippen molar-refractivity contribution in [2.75, 3.05) is 20.6 Å². The maximum Gasteiger partial charge on any atom is 0.00101 e. The lowest BCUT2D eigenvalue weighted by Gasteiger charge is -2.14. The molecule has 0 N–H and O–H groups in total. The van der Waals surface area contributed by atoms with Crippen LogP contribution >= 0.6 is 0 Å². The molecule has 0 aliphatic heterocycles. The van der Waals surface area contributed by atoms with E-state index in [1.165, 1.54) is 27.8 Å². The molecule has 1 aromatic rings. The summed E-state index contributed by atoms with van der Waals surface area (Å²) in [7, 11) is 4.22. The molecule has 0 unspecified atom stereocenters. The van der Waals surface area contributed by atoms with E-state index in [2.05, 4.69) is 87.1 Å². The highest BCUT2D eigenvalue weighted by Gasteiger charge is 2.14. The van der Waals surface area contributed by atoms with Crippen molar-refractivity contribution < 1.29 is 0 Å². The minimum atomic E-state index is 1.02. The lowest BCUT2D eigenvalue weighted by molar-refractivity contribution is 0.417. The predicted molar refractivity (Wildman–Crippen MR) is 121 cm³/mol. The highest BCUT2D eigenvalue weighted by molar-refractivity contribution is 5.90. The van der Waals surface area contributed by atoms with Crippen LogP contribution in [0.2, 0.25) is 0 Å². The molecule has 1 aromatic carbocycles. The normalized spacial score (nSPS) is 14.4. The van der Waals surface area contributed by atoms with Gasteiger partial charge in [-0.15, -0.1) is 0 Å². The predicted octanol–water partition coefficient (Wildman–Crippen LogP) is 7.16. The Balaban J connectivity index is 0.00000146. The largest absolute Gasteiger partial charge is 0.309 e. The van der Waals surface area contributed by atoms with Crippen LogP contribution in [0.25, 0.3) is 11.6 Å². The van der Waals surface area contributed by atoms with Crippen LogP contribution in [0.15, 0.2) is 72.4 Å². The maximum absolute atomic E-state index is 4.05. The van der Waals surface area contributed by atoms with Gasteiger partial charge in [0.2, 0.25) is 0 Å². The molecule has 0 fully saturated rings. The smallest absolute Gasteiger partial charge is 0.00101 e. The van der Waals surface area contributed by atoms with E-state index in [4.69, 9.17) is 0 Å². The monoisotopic (exact) mass is 351 g/mol. The summed E-state index contributed by atoms with van der Waals surface area (Å²) in [6.07, 6.45) is 14.0. The molecule has 0 bridgehead atoms. The third kappa shape index (κ3) is 7.01. The van der Waals surface area contributed by atoms with Crippen molar-refractivity contribution in [1.82, 2.24) is 4.90 Å². The van der Waals surface area contributed by atoms with E-state index in [-0.39, 0.29) is 0 Å². The first kappa shape index (κ1) is 23.9. The molecule has 0 atom stereocenters. The third-order valence-corrected chi connectivity index (χ3v) is 3.77. The van der Waals surface area contributed by atoms with Crippen LogP contribution in [-0.2, 0) is 0 Å². The Morgan fingerprint density at radius 2 is 1.65 bits per heavy atom. The molecule has 0 amide bonds. The lowest BCUT2D eigenvalue weighted by atomic mass is 9.92. The van der Waals surface area contributed by atoms with Crippen molar-refractivity contribution in [1.29, 1.82) is 0 Å². The van der Waals surface area contributed by atoms with Crippen LogP contribution in [0.5, 0.6) is 0 Å². The Morgan fingerprint density at radius 1 is 1.00 bits per heavy atom. The fourth-order valence-corrected chi connectivity index (χ4v) is 2.70. The lowest BCUT2D eigenvalue weighted by Crippen LogP contribution is -2.12. The van der Waals surface area contributed by atoms with Gasteiger partial charge in [-0.05, 0) is 55.3 Å².